The van der Waals surface area contributed by atoms with Gasteiger partial charge in [0.25, 0.3) is 0 Å². The van der Waals surface area contributed by atoms with Gasteiger partial charge >= 0.3 is 5.97 Å². The number of carboxylic acid groups (broad SMARTS) is 1. The first-order chi connectivity index (χ1) is 13.4. The number of nitrogens with one attached hydrogen (secondary N) is 3. The monoisotopic (exact) mass is 415 g/mol. The smallest absolute Gasteiger partial charge is 0.326 e. The number of carbonyl (C=O) groups excluding carboxylic acids is 4. The summed E-state index contributed by atoms with van der Waals surface area (Å²) in [5.74, 6) is -4.29. The molecule has 0 aromatic heterocycles. The summed E-state index contributed by atoms with van der Waals surface area (Å²) in [4.78, 5) is 58.8. The molecule has 4 unspecified atom stereocenters. The van der Waals surface area contributed by atoms with Crippen LogP contribution in [0.15, 0.2) is 0 Å². The third-order valence-electron chi connectivity index (χ3n) is 4.32. The number of nitrogens with two attached hydrogens (primary N) is 2. The Morgan fingerprint density at radius 2 is 1.59 bits per heavy atom. The maximum atomic E-state index is 12.5. The quantitative estimate of drug-likeness (QED) is 0.209. The molecule has 0 aromatic rings. The zero-order valence-corrected chi connectivity index (χ0v) is 17.4. The van der Waals surface area contributed by atoms with E-state index in [0.717, 1.165) is 0 Å². The summed E-state index contributed by atoms with van der Waals surface area (Å²) in [5, 5.41) is 16.2. The van der Waals surface area contributed by atoms with E-state index in [9.17, 15) is 24.0 Å². The molecule has 8 N–H and O–H groups in total. The Kier molecular flexibility index (Phi) is 11.5. The van der Waals surface area contributed by atoms with Gasteiger partial charge in [0, 0.05) is 0 Å². The molecule has 0 spiro atoms. The largest absolute Gasteiger partial charge is 0.480 e. The van der Waals surface area contributed by atoms with E-state index in [2.05, 4.69) is 16.0 Å². The Labute approximate surface area is 170 Å². The van der Waals surface area contributed by atoms with Crippen molar-refractivity contribution in [2.75, 3.05) is 6.54 Å². The highest BCUT2D eigenvalue weighted by atomic mass is 16.4. The molecule has 0 saturated heterocycles. The van der Waals surface area contributed by atoms with Crippen LogP contribution in [0.3, 0.4) is 0 Å². The first-order valence-corrected chi connectivity index (χ1v) is 9.53. The lowest BCUT2D eigenvalue weighted by Crippen LogP contribution is -2.56. The molecule has 0 heterocycles. The third-order valence-corrected chi connectivity index (χ3v) is 4.32. The second-order valence-corrected chi connectivity index (χ2v) is 7.45. The molecule has 4 atom stereocenters. The highest BCUT2D eigenvalue weighted by Gasteiger charge is 2.30. The third kappa shape index (κ3) is 10.4. The van der Waals surface area contributed by atoms with Crippen molar-refractivity contribution in [1.29, 1.82) is 0 Å². The number of carbonyl (C=O) groups is 5. The van der Waals surface area contributed by atoms with Crippen LogP contribution >= 0.6 is 0 Å². The van der Waals surface area contributed by atoms with E-state index in [-0.39, 0.29) is 18.4 Å². The molecule has 0 aromatic carbocycles. The lowest BCUT2D eigenvalue weighted by Gasteiger charge is -2.25. The van der Waals surface area contributed by atoms with Crippen LogP contribution in [0, 0.1) is 11.8 Å². The van der Waals surface area contributed by atoms with Gasteiger partial charge in [-0.05, 0) is 18.3 Å². The minimum Gasteiger partial charge on any atom is -0.480 e. The Balaban J connectivity index is 4.95. The van der Waals surface area contributed by atoms with E-state index in [4.69, 9.17) is 16.6 Å². The highest BCUT2D eigenvalue weighted by Crippen LogP contribution is 2.09. The number of hydrogen-bond acceptors (Lipinski definition) is 6. The molecule has 0 fully saturated rings. The Morgan fingerprint density at radius 1 is 1.00 bits per heavy atom. The summed E-state index contributed by atoms with van der Waals surface area (Å²) < 4.78 is 0. The zero-order chi connectivity index (χ0) is 22.7. The first-order valence-electron chi connectivity index (χ1n) is 9.53. The standard InChI is InChI=1S/C18H33N5O6/c1-5-10(4)15(17(27)22-12(18(28)29)7-13(20)24)23-14(25)8-21-16(26)11(19)6-9(2)3/h9-12,15H,5-8,19H2,1-4H3,(H2,20,24)(H,21,26)(H,22,27)(H,23,25)(H,28,29). The molecular formula is C18H33N5O6. The molecule has 0 aliphatic rings. The summed E-state index contributed by atoms with van der Waals surface area (Å²) in [7, 11) is 0. The predicted octanol–water partition coefficient (Wildman–Crippen LogP) is -1.55. The predicted molar refractivity (Wildman–Crippen MR) is 105 cm³/mol. The van der Waals surface area contributed by atoms with Crippen LogP contribution in [0.1, 0.15) is 47.0 Å². The van der Waals surface area contributed by atoms with E-state index in [0.29, 0.717) is 12.8 Å². The van der Waals surface area contributed by atoms with Crippen molar-refractivity contribution in [1.82, 2.24) is 16.0 Å². The number of primary amides is 1. The number of carboxylic acids is 1. The van der Waals surface area contributed by atoms with Crippen LogP contribution in [-0.2, 0) is 24.0 Å². The second-order valence-electron chi connectivity index (χ2n) is 7.45. The SMILES string of the molecule is CCC(C)C(NC(=O)CNC(=O)C(N)CC(C)C)C(=O)NC(CC(N)=O)C(=O)O. The summed E-state index contributed by atoms with van der Waals surface area (Å²) in [6.07, 6.45) is 0.394. The summed E-state index contributed by atoms with van der Waals surface area (Å²) in [6, 6.07) is -3.30. The fraction of sp³-hybridized carbons (Fsp3) is 0.722. The van der Waals surface area contributed by atoms with Gasteiger partial charge in [0.2, 0.25) is 23.6 Å². The molecule has 0 rings (SSSR count). The summed E-state index contributed by atoms with van der Waals surface area (Å²) in [6.45, 7) is 6.94. The molecule has 0 bridgehead atoms. The van der Waals surface area contributed by atoms with Crippen LogP contribution in [0.25, 0.3) is 0 Å². The number of aliphatic carboxylic acids is 1. The van der Waals surface area contributed by atoms with Crippen LogP contribution in [-0.4, -0.2) is 59.4 Å². The minimum absolute atomic E-state index is 0.214. The van der Waals surface area contributed by atoms with Crippen LogP contribution < -0.4 is 27.4 Å². The molecule has 0 aliphatic heterocycles. The van der Waals surface area contributed by atoms with Crippen molar-refractivity contribution in [2.24, 2.45) is 23.3 Å². The van der Waals surface area contributed by atoms with E-state index in [1.807, 2.05) is 13.8 Å². The van der Waals surface area contributed by atoms with Crippen LogP contribution in [0.5, 0.6) is 0 Å². The Hall–Kier alpha value is -2.69. The van der Waals surface area contributed by atoms with Crippen molar-refractivity contribution in [3.05, 3.63) is 0 Å². The highest BCUT2D eigenvalue weighted by molar-refractivity contribution is 5.93. The lowest BCUT2D eigenvalue weighted by molar-refractivity contribution is -0.144. The fourth-order valence-electron chi connectivity index (χ4n) is 2.50. The molecule has 0 saturated carbocycles. The normalized spacial score (nSPS) is 15.0. The molecule has 166 valence electrons. The molecule has 4 amide bonds. The van der Waals surface area contributed by atoms with Crippen molar-refractivity contribution in [3.63, 3.8) is 0 Å². The van der Waals surface area contributed by atoms with Gasteiger partial charge in [0.15, 0.2) is 0 Å². The molecular weight excluding hydrogens is 382 g/mol. The number of rotatable bonds is 13. The van der Waals surface area contributed by atoms with Gasteiger partial charge in [-0.3, -0.25) is 19.2 Å². The minimum atomic E-state index is -1.50. The average Bonchev–Trinajstić information content (AvgIpc) is 2.61. The van der Waals surface area contributed by atoms with E-state index >= 15 is 0 Å². The maximum absolute atomic E-state index is 12.5. The number of hydrogen-bond donors (Lipinski definition) is 6. The fourth-order valence-corrected chi connectivity index (χ4v) is 2.50. The first kappa shape index (κ1) is 26.3. The molecule has 11 heteroatoms. The lowest BCUT2D eigenvalue weighted by atomic mass is 9.97. The van der Waals surface area contributed by atoms with Gasteiger partial charge < -0.3 is 32.5 Å². The van der Waals surface area contributed by atoms with Gasteiger partial charge in [-0.15, -0.1) is 0 Å². The number of amides is 4. The zero-order valence-electron chi connectivity index (χ0n) is 17.4. The van der Waals surface area contributed by atoms with Crippen molar-refractivity contribution in [3.8, 4) is 0 Å². The van der Waals surface area contributed by atoms with Crippen molar-refractivity contribution < 1.29 is 29.1 Å². The molecule has 29 heavy (non-hydrogen) atoms. The molecule has 0 radical (unpaired) electrons. The van der Waals surface area contributed by atoms with Crippen molar-refractivity contribution >= 4 is 29.6 Å². The van der Waals surface area contributed by atoms with Gasteiger partial charge in [0.1, 0.15) is 12.1 Å². The Morgan fingerprint density at radius 3 is 2.03 bits per heavy atom. The van der Waals surface area contributed by atoms with Crippen molar-refractivity contribution in [2.45, 2.75) is 65.1 Å². The van der Waals surface area contributed by atoms with Gasteiger partial charge in [-0.2, -0.15) is 0 Å². The van der Waals surface area contributed by atoms with Crippen LogP contribution in [0.2, 0.25) is 0 Å². The van der Waals surface area contributed by atoms with E-state index in [1.54, 1.807) is 13.8 Å². The van der Waals surface area contributed by atoms with Gasteiger partial charge in [-0.1, -0.05) is 34.1 Å². The molecule has 0 aliphatic carbocycles. The average molecular weight is 415 g/mol. The summed E-state index contributed by atoms with van der Waals surface area (Å²) in [5.41, 5.74) is 10.7. The van der Waals surface area contributed by atoms with E-state index in [1.165, 1.54) is 0 Å². The Bertz CT molecular complexity index is 610. The topological polar surface area (TPSA) is 194 Å². The van der Waals surface area contributed by atoms with Gasteiger partial charge in [-0.25, -0.2) is 4.79 Å². The molecule has 11 nitrogen and oxygen atoms in total. The second kappa shape index (κ2) is 12.7. The summed E-state index contributed by atoms with van der Waals surface area (Å²) >= 11 is 0. The van der Waals surface area contributed by atoms with Crippen LogP contribution in [0.4, 0.5) is 0 Å². The van der Waals surface area contributed by atoms with E-state index < -0.39 is 54.1 Å². The maximum Gasteiger partial charge on any atom is 0.326 e. The van der Waals surface area contributed by atoms with Gasteiger partial charge in [0.05, 0.1) is 19.0 Å².